The van der Waals surface area contributed by atoms with Crippen molar-refractivity contribution in [2.75, 3.05) is 11.9 Å². The molecule has 6 nitrogen and oxygen atoms in total. The number of nitrogens with one attached hydrogen (secondary N) is 2. The van der Waals surface area contributed by atoms with E-state index in [9.17, 15) is 9.59 Å². The number of ether oxygens (including phenoxy) is 1. The summed E-state index contributed by atoms with van der Waals surface area (Å²) in [5, 5.41) is 6.19. The molecule has 25 heavy (non-hydrogen) atoms. The standard InChI is InChI=1S/C18H21N3O3S/c1-2-24-17(22)15-13-7-3-4-8-14(13)25-16(15)21-18(23)20-11-12-6-5-9-19-10-12/h5-6,9-10H,2-4,7-8,11H2,1H3,(H2,20,21,23). The summed E-state index contributed by atoms with van der Waals surface area (Å²) in [4.78, 5) is 29.8. The van der Waals surface area contributed by atoms with Gasteiger partial charge in [-0.25, -0.2) is 9.59 Å². The SMILES string of the molecule is CCOC(=O)c1c(NC(=O)NCc2cccnc2)sc2c1CCCC2. The van der Waals surface area contributed by atoms with Gasteiger partial charge in [-0.3, -0.25) is 10.3 Å². The lowest BCUT2D eigenvalue weighted by atomic mass is 9.95. The number of aryl methyl sites for hydroxylation is 1. The van der Waals surface area contributed by atoms with Crippen LogP contribution < -0.4 is 10.6 Å². The van der Waals surface area contributed by atoms with Crippen LogP contribution >= 0.6 is 11.3 Å². The number of thiophene rings is 1. The molecule has 0 spiro atoms. The Morgan fingerprint density at radius 3 is 2.92 bits per heavy atom. The van der Waals surface area contributed by atoms with Gasteiger partial charge in [-0.15, -0.1) is 11.3 Å². The molecule has 0 radical (unpaired) electrons. The number of hydrogen-bond acceptors (Lipinski definition) is 5. The van der Waals surface area contributed by atoms with E-state index in [1.807, 2.05) is 12.1 Å². The van der Waals surface area contributed by atoms with Crippen LogP contribution in [-0.2, 0) is 24.1 Å². The predicted molar refractivity (Wildman–Crippen MR) is 97.0 cm³/mol. The van der Waals surface area contributed by atoms with Crippen molar-refractivity contribution in [3.8, 4) is 0 Å². The predicted octanol–water partition coefficient (Wildman–Crippen LogP) is 3.52. The van der Waals surface area contributed by atoms with Gasteiger partial charge in [0.25, 0.3) is 0 Å². The number of amides is 2. The maximum absolute atomic E-state index is 12.4. The molecule has 2 aromatic rings. The largest absolute Gasteiger partial charge is 0.462 e. The quantitative estimate of drug-likeness (QED) is 0.801. The molecular weight excluding hydrogens is 338 g/mol. The smallest absolute Gasteiger partial charge is 0.341 e. The summed E-state index contributed by atoms with van der Waals surface area (Å²) in [6.45, 7) is 2.47. The fourth-order valence-corrected chi connectivity index (χ4v) is 4.18. The average Bonchev–Trinajstić information content (AvgIpc) is 2.99. The summed E-state index contributed by atoms with van der Waals surface area (Å²) in [6.07, 6.45) is 7.37. The zero-order valence-electron chi connectivity index (χ0n) is 14.1. The molecule has 7 heteroatoms. The Bertz CT molecular complexity index is 758. The van der Waals surface area contributed by atoms with Crippen molar-refractivity contribution in [2.24, 2.45) is 0 Å². The first-order valence-corrected chi connectivity index (χ1v) is 9.26. The first-order valence-electron chi connectivity index (χ1n) is 8.44. The molecule has 0 saturated heterocycles. The number of esters is 1. The van der Waals surface area contributed by atoms with E-state index in [4.69, 9.17) is 4.74 Å². The van der Waals surface area contributed by atoms with Gasteiger partial charge in [0.1, 0.15) is 5.00 Å². The highest BCUT2D eigenvalue weighted by molar-refractivity contribution is 7.17. The lowest BCUT2D eigenvalue weighted by Gasteiger charge is -2.12. The number of aromatic nitrogens is 1. The van der Waals surface area contributed by atoms with Gasteiger partial charge in [-0.05, 0) is 49.8 Å². The van der Waals surface area contributed by atoms with E-state index < -0.39 is 0 Å². The fraction of sp³-hybridized carbons (Fsp3) is 0.389. The molecule has 1 aliphatic carbocycles. The van der Waals surface area contributed by atoms with Crippen LogP contribution in [-0.4, -0.2) is 23.6 Å². The van der Waals surface area contributed by atoms with Gasteiger partial charge in [-0.2, -0.15) is 0 Å². The van der Waals surface area contributed by atoms with Gasteiger partial charge < -0.3 is 10.1 Å². The molecule has 1 aliphatic rings. The Kier molecular flexibility index (Phi) is 5.65. The number of carbonyl (C=O) groups excluding carboxylic acids is 2. The number of nitrogens with zero attached hydrogens (tertiary/aromatic N) is 1. The number of anilines is 1. The summed E-state index contributed by atoms with van der Waals surface area (Å²) >= 11 is 1.48. The minimum atomic E-state index is -0.357. The number of pyridine rings is 1. The Balaban J connectivity index is 1.73. The molecule has 0 atom stereocenters. The highest BCUT2D eigenvalue weighted by Crippen LogP contribution is 2.38. The summed E-state index contributed by atoms with van der Waals surface area (Å²) in [5.74, 6) is -0.357. The molecule has 3 rings (SSSR count). The molecular formula is C18H21N3O3S. The number of rotatable bonds is 5. The molecule has 0 saturated carbocycles. The Morgan fingerprint density at radius 2 is 2.16 bits per heavy atom. The normalized spacial score (nSPS) is 13.0. The second-order valence-electron chi connectivity index (χ2n) is 5.80. The third kappa shape index (κ3) is 4.17. The molecule has 0 bridgehead atoms. The van der Waals surface area contributed by atoms with Crippen molar-refractivity contribution in [1.82, 2.24) is 10.3 Å². The minimum Gasteiger partial charge on any atom is -0.462 e. The molecule has 0 aromatic carbocycles. The highest BCUT2D eigenvalue weighted by atomic mass is 32.1. The van der Waals surface area contributed by atoms with E-state index in [1.54, 1.807) is 19.3 Å². The van der Waals surface area contributed by atoms with E-state index in [1.165, 1.54) is 16.2 Å². The lowest BCUT2D eigenvalue weighted by molar-refractivity contribution is 0.0526. The molecule has 0 aliphatic heterocycles. The Morgan fingerprint density at radius 1 is 1.32 bits per heavy atom. The van der Waals surface area contributed by atoms with Gasteiger partial charge in [0.2, 0.25) is 0 Å². The van der Waals surface area contributed by atoms with Crippen LogP contribution in [0.5, 0.6) is 0 Å². The van der Waals surface area contributed by atoms with E-state index in [0.29, 0.717) is 23.7 Å². The van der Waals surface area contributed by atoms with Crippen LogP contribution in [0.4, 0.5) is 9.80 Å². The molecule has 132 valence electrons. The van der Waals surface area contributed by atoms with Crippen molar-refractivity contribution >= 4 is 28.3 Å². The summed E-state index contributed by atoms with van der Waals surface area (Å²) in [5.41, 5.74) is 2.48. The van der Waals surface area contributed by atoms with Crippen LogP contribution in [0.15, 0.2) is 24.5 Å². The Hall–Kier alpha value is -2.41. The maximum Gasteiger partial charge on any atom is 0.341 e. The van der Waals surface area contributed by atoms with E-state index in [0.717, 1.165) is 36.8 Å². The van der Waals surface area contributed by atoms with Gasteiger partial charge >= 0.3 is 12.0 Å². The van der Waals surface area contributed by atoms with Crippen LogP contribution in [0.3, 0.4) is 0 Å². The summed E-state index contributed by atoms with van der Waals surface area (Å²) in [7, 11) is 0. The summed E-state index contributed by atoms with van der Waals surface area (Å²) < 4.78 is 5.19. The third-order valence-corrected chi connectivity index (χ3v) is 5.26. The van der Waals surface area contributed by atoms with E-state index >= 15 is 0 Å². The van der Waals surface area contributed by atoms with Gasteiger partial charge in [0, 0.05) is 23.8 Å². The van der Waals surface area contributed by atoms with Crippen LogP contribution in [0.25, 0.3) is 0 Å². The minimum absolute atomic E-state index is 0.316. The maximum atomic E-state index is 12.4. The zero-order chi connectivity index (χ0) is 17.6. The average molecular weight is 359 g/mol. The first kappa shape index (κ1) is 17.4. The van der Waals surface area contributed by atoms with E-state index in [-0.39, 0.29) is 12.0 Å². The van der Waals surface area contributed by atoms with Gasteiger partial charge in [-0.1, -0.05) is 6.07 Å². The Labute approximate surface area is 150 Å². The number of fused-ring (bicyclic) bond motifs is 1. The zero-order valence-corrected chi connectivity index (χ0v) is 14.9. The molecule has 2 heterocycles. The van der Waals surface area contributed by atoms with E-state index in [2.05, 4.69) is 15.6 Å². The van der Waals surface area contributed by atoms with Crippen molar-refractivity contribution in [3.63, 3.8) is 0 Å². The fourth-order valence-electron chi connectivity index (χ4n) is 2.91. The van der Waals surface area contributed by atoms with Gasteiger partial charge in [0.15, 0.2) is 0 Å². The second-order valence-corrected chi connectivity index (χ2v) is 6.91. The highest BCUT2D eigenvalue weighted by Gasteiger charge is 2.27. The molecule has 0 unspecified atom stereocenters. The van der Waals surface area contributed by atoms with Crippen LogP contribution in [0.2, 0.25) is 0 Å². The summed E-state index contributed by atoms with van der Waals surface area (Å²) in [6, 6.07) is 3.37. The van der Waals surface area contributed by atoms with Crippen molar-refractivity contribution in [3.05, 3.63) is 46.1 Å². The van der Waals surface area contributed by atoms with Crippen molar-refractivity contribution < 1.29 is 14.3 Å². The molecule has 2 N–H and O–H groups in total. The second kappa shape index (κ2) is 8.11. The number of carbonyl (C=O) groups is 2. The lowest BCUT2D eigenvalue weighted by Crippen LogP contribution is -2.28. The number of urea groups is 1. The topological polar surface area (TPSA) is 80.3 Å². The van der Waals surface area contributed by atoms with Gasteiger partial charge in [0.05, 0.1) is 12.2 Å². The van der Waals surface area contributed by atoms with Crippen molar-refractivity contribution in [1.29, 1.82) is 0 Å². The van der Waals surface area contributed by atoms with Crippen LogP contribution in [0, 0.1) is 0 Å². The molecule has 2 aromatic heterocycles. The van der Waals surface area contributed by atoms with Crippen molar-refractivity contribution in [2.45, 2.75) is 39.2 Å². The monoisotopic (exact) mass is 359 g/mol. The molecule has 0 fully saturated rings. The van der Waals surface area contributed by atoms with Crippen LogP contribution in [0.1, 0.15) is 46.1 Å². The number of hydrogen-bond donors (Lipinski definition) is 2. The molecule has 2 amide bonds. The first-order chi connectivity index (χ1) is 12.2. The third-order valence-electron chi connectivity index (χ3n) is 4.05.